The Morgan fingerprint density at radius 2 is 1.92 bits per heavy atom. The van der Waals surface area contributed by atoms with Gasteiger partial charge in [-0.2, -0.15) is 13.2 Å². The van der Waals surface area contributed by atoms with E-state index in [-0.39, 0.29) is 5.92 Å². The molecule has 2 N–H and O–H groups in total. The van der Waals surface area contributed by atoms with Gasteiger partial charge in [0.15, 0.2) is 6.10 Å². The predicted octanol–water partition coefficient (Wildman–Crippen LogP) is 1.67. The molecule has 78 valence electrons. The molecule has 0 aromatic heterocycles. The van der Waals surface area contributed by atoms with Gasteiger partial charge in [-0.1, -0.05) is 20.4 Å². The van der Waals surface area contributed by atoms with Gasteiger partial charge in [0.05, 0.1) is 0 Å². The molecule has 0 spiro atoms. The van der Waals surface area contributed by atoms with Gasteiger partial charge in [0.25, 0.3) is 0 Å². The highest BCUT2D eigenvalue weighted by Gasteiger charge is 2.37. The summed E-state index contributed by atoms with van der Waals surface area (Å²) < 4.78 is 35.3. The molecular formula is C8H14F3NO. The molecule has 0 heterocycles. The van der Waals surface area contributed by atoms with Crippen molar-refractivity contribution in [3.8, 4) is 0 Å². The fourth-order valence-corrected chi connectivity index (χ4v) is 0.548. The van der Waals surface area contributed by atoms with Crippen molar-refractivity contribution >= 4 is 0 Å². The van der Waals surface area contributed by atoms with Crippen LogP contribution in [0.4, 0.5) is 13.2 Å². The summed E-state index contributed by atoms with van der Waals surface area (Å²) in [5.41, 5.74) is 0.489. The number of halogens is 3. The van der Waals surface area contributed by atoms with E-state index in [9.17, 15) is 13.2 Å². The normalized spacial score (nSPS) is 14.4. The van der Waals surface area contributed by atoms with E-state index in [0.29, 0.717) is 5.70 Å². The Bertz CT molecular complexity index is 177. The minimum absolute atomic E-state index is 0.0560. The average Bonchev–Trinajstić information content (AvgIpc) is 1.97. The summed E-state index contributed by atoms with van der Waals surface area (Å²) in [4.78, 5) is 0. The van der Waals surface area contributed by atoms with Crippen LogP contribution in [0.25, 0.3) is 0 Å². The molecule has 0 aromatic carbocycles. The van der Waals surface area contributed by atoms with E-state index in [4.69, 9.17) is 5.11 Å². The van der Waals surface area contributed by atoms with Crippen molar-refractivity contribution in [1.29, 1.82) is 0 Å². The van der Waals surface area contributed by atoms with Gasteiger partial charge in [0, 0.05) is 12.2 Å². The molecule has 2 nitrogen and oxygen atoms in total. The summed E-state index contributed by atoms with van der Waals surface area (Å²) in [5.74, 6) is 0.0560. The van der Waals surface area contributed by atoms with Gasteiger partial charge < -0.3 is 10.4 Å². The lowest BCUT2D eigenvalue weighted by Crippen LogP contribution is -2.38. The molecule has 0 saturated carbocycles. The van der Waals surface area contributed by atoms with Crippen molar-refractivity contribution in [1.82, 2.24) is 5.32 Å². The Kier molecular flexibility index (Phi) is 4.26. The van der Waals surface area contributed by atoms with E-state index in [2.05, 4.69) is 11.9 Å². The van der Waals surface area contributed by atoms with Crippen LogP contribution < -0.4 is 5.32 Å². The van der Waals surface area contributed by atoms with E-state index >= 15 is 0 Å². The molecule has 1 atom stereocenters. The molecule has 0 fully saturated rings. The standard InChI is InChI=1S/C8H14F3NO/c1-5(2)6(3)12-4-7(13)8(9,10)11/h5,7,12-13H,3-4H2,1-2H3. The number of hydrogen-bond donors (Lipinski definition) is 2. The quantitative estimate of drug-likeness (QED) is 0.718. The van der Waals surface area contributed by atoms with Crippen molar-refractivity contribution in [2.75, 3.05) is 6.54 Å². The molecule has 0 bridgehead atoms. The lowest BCUT2D eigenvalue weighted by Gasteiger charge is -2.18. The highest BCUT2D eigenvalue weighted by molar-refractivity contribution is 4.95. The van der Waals surface area contributed by atoms with E-state index in [1.807, 2.05) is 0 Å². The van der Waals surface area contributed by atoms with E-state index in [0.717, 1.165) is 0 Å². The lowest BCUT2D eigenvalue weighted by molar-refractivity contribution is -0.201. The van der Waals surface area contributed by atoms with Crippen LogP contribution in [0, 0.1) is 5.92 Å². The predicted molar refractivity (Wildman–Crippen MR) is 44.0 cm³/mol. The molecule has 0 amide bonds. The summed E-state index contributed by atoms with van der Waals surface area (Å²) in [6.45, 7) is 6.58. The van der Waals surface area contributed by atoms with Crippen LogP contribution in [-0.2, 0) is 0 Å². The summed E-state index contributed by atoms with van der Waals surface area (Å²) in [6.07, 6.45) is -6.90. The van der Waals surface area contributed by atoms with Crippen molar-refractivity contribution in [3.63, 3.8) is 0 Å². The van der Waals surface area contributed by atoms with Gasteiger partial charge in [-0.25, -0.2) is 0 Å². The van der Waals surface area contributed by atoms with Crippen molar-refractivity contribution < 1.29 is 18.3 Å². The molecule has 1 unspecified atom stereocenters. The maximum atomic E-state index is 11.8. The first-order valence-corrected chi connectivity index (χ1v) is 3.92. The Balaban J connectivity index is 3.84. The second-order valence-electron chi connectivity index (χ2n) is 3.12. The zero-order chi connectivity index (χ0) is 10.6. The van der Waals surface area contributed by atoms with Crippen LogP contribution in [0.15, 0.2) is 12.3 Å². The first kappa shape index (κ1) is 12.3. The van der Waals surface area contributed by atoms with Gasteiger partial charge in [-0.3, -0.25) is 0 Å². The number of nitrogens with one attached hydrogen (secondary N) is 1. The van der Waals surface area contributed by atoms with Crippen LogP contribution in [0.2, 0.25) is 0 Å². The Morgan fingerprint density at radius 3 is 2.23 bits per heavy atom. The van der Waals surface area contributed by atoms with Gasteiger partial charge in [0.2, 0.25) is 0 Å². The van der Waals surface area contributed by atoms with Crippen LogP contribution in [0.5, 0.6) is 0 Å². The highest BCUT2D eigenvalue weighted by Crippen LogP contribution is 2.19. The molecule has 5 heteroatoms. The third-order valence-electron chi connectivity index (χ3n) is 1.60. The van der Waals surface area contributed by atoms with Gasteiger partial charge in [0.1, 0.15) is 0 Å². The maximum absolute atomic E-state index is 11.8. The molecular weight excluding hydrogens is 183 g/mol. The summed E-state index contributed by atoms with van der Waals surface area (Å²) in [5, 5.41) is 11.0. The van der Waals surface area contributed by atoms with Gasteiger partial charge in [-0.15, -0.1) is 0 Å². The minimum Gasteiger partial charge on any atom is -0.386 e. The van der Waals surface area contributed by atoms with E-state index < -0.39 is 18.8 Å². The van der Waals surface area contributed by atoms with Crippen LogP contribution in [0.1, 0.15) is 13.8 Å². The number of rotatable bonds is 4. The molecule has 13 heavy (non-hydrogen) atoms. The van der Waals surface area contributed by atoms with Gasteiger partial charge >= 0.3 is 6.18 Å². The summed E-state index contributed by atoms with van der Waals surface area (Å²) in [7, 11) is 0. The van der Waals surface area contributed by atoms with Crippen LogP contribution in [0.3, 0.4) is 0 Å². The Labute approximate surface area is 75.4 Å². The number of hydrogen-bond acceptors (Lipinski definition) is 2. The fraction of sp³-hybridized carbons (Fsp3) is 0.750. The highest BCUT2D eigenvalue weighted by atomic mass is 19.4. The maximum Gasteiger partial charge on any atom is 0.416 e. The molecule has 0 aliphatic carbocycles. The zero-order valence-electron chi connectivity index (χ0n) is 7.65. The number of alkyl halides is 3. The summed E-state index contributed by atoms with van der Waals surface area (Å²) in [6, 6.07) is 0. The van der Waals surface area contributed by atoms with E-state index in [1.165, 1.54) is 0 Å². The fourth-order valence-electron chi connectivity index (χ4n) is 0.548. The molecule has 0 aliphatic heterocycles. The van der Waals surface area contributed by atoms with Crippen LogP contribution in [-0.4, -0.2) is 23.9 Å². The number of aliphatic hydroxyl groups excluding tert-OH is 1. The topological polar surface area (TPSA) is 32.3 Å². The molecule has 0 rings (SSSR count). The van der Waals surface area contributed by atoms with Crippen LogP contribution >= 0.6 is 0 Å². The second-order valence-corrected chi connectivity index (χ2v) is 3.12. The molecule has 0 aromatic rings. The zero-order valence-corrected chi connectivity index (χ0v) is 7.65. The second kappa shape index (κ2) is 4.50. The number of aliphatic hydroxyl groups is 1. The third-order valence-corrected chi connectivity index (χ3v) is 1.60. The lowest BCUT2D eigenvalue weighted by atomic mass is 10.1. The molecule has 0 radical (unpaired) electrons. The van der Waals surface area contributed by atoms with Crippen molar-refractivity contribution in [2.24, 2.45) is 5.92 Å². The first-order valence-electron chi connectivity index (χ1n) is 3.92. The van der Waals surface area contributed by atoms with Crippen molar-refractivity contribution in [2.45, 2.75) is 26.1 Å². The molecule has 0 saturated heterocycles. The van der Waals surface area contributed by atoms with Crippen molar-refractivity contribution in [3.05, 3.63) is 12.3 Å². The third kappa shape index (κ3) is 4.77. The first-order chi connectivity index (χ1) is 5.75. The molecule has 0 aliphatic rings. The SMILES string of the molecule is C=C(NCC(O)C(F)(F)F)C(C)C. The minimum atomic E-state index is -4.57. The van der Waals surface area contributed by atoms with Gasteiger partial charge in [-0.05, 0) is 5.92 Å². The average molecular weight is 197 g/mol. The largest absolute Gasteiger partial charge is 0.416 e. The summed E-state index contributed by atoms with van der Waals surface area (Å²) >= 11 is 0. The Morgan fingerprint density at radius 1 is 1.46 bits per heavy atom. The Hall–Kier alpha value is -0.710. The smallest absolute Gasteiger partial charge is 0.386 e. The monoisotopic (exact) mass is 197 g/mol. The van der Waals surface area contributed by atoms with E-state index in [1.54, 1.807) is 13.8 Å². The number of allylic oxidation sites excluding steroid dienone is 1.